The Balaban J connectivity index is 1.70. The minimum Gasteiger partial charge on any atom is -0.492 e. The van der Waals surface area contributed by atoms with Crippen molar-refractivity contribution >= 4 is 17.9 Å². The quantitative estimate of drug-likeness (QED) is 0.743. The van der Waals surface area contributed by atoms with Gasteiger partial charge < -0.3 is 25.1 Å². The normalized spacial score (nSPS) is 15.8. The zero-order valence-electron chi connectivity index (χ0n) is 15.9. The predicted octanol–water partition coefficient (Wildman–Crippen LogP) is 2.40. The van der Waals surface area contributed by atoms with Gasteiger partial charge in [0.1, 0.15) is 5.60 Å². The van der Waals surface area contributed by atoms with E-state index in [0.29, 0.717) is 11.2 Å². The van der Waals surface area contributed by atoms with Crippen molar-refractivity contribution in [3.05, 3.63) is 42.0 Å². The summed E-state index contributed by atoms with van der Waals surface area (Å²) >= 11 is 0. The van der Waals surface area contributed by atoms with Gasteiger partial charge >= 0.3 is 12.2 Å². The SMILES string of the molecule is CC(C)(C)OC(=O)N1c2ccccc2CC1CNC(=O)On1c(O)ccc1O. The van der Waals surface area contributed by atoms with E-state index in [1.807, 2.05) is 24.3 Å². The summed E-state index contributed by atoms with van der Waals surface area (Å²) < 4.78 is 6.09. The molecule has 0 saturated carbocycles. The molecule has 9 nitrogen and oxygen atoms in total. The number of benzene rings is 1. The van der Waals surface area contributed by atoms with E-state index in [4.69, 9.17) is 9.57 Å². The van der Waals surface area contributed by atoms with E-state index < -0.39 is 29.5 Å². The topological polar surface area (TPSA) is 113 Å². The fraction of sp³-hybridized carbons (Fsp3) is 0.368. The van der Waals surface area contributed by atoms with E-state index in [2.05, 4.69) is 5.32 Å². The average molecular weight is 389 g/mol. The van der Waals surface area contributed by atoms with Crippen LogP contribution in [0.5, 0.6) is 11.8 Å². The third-order valence-corrected chi connectivity index (χ3v) is 4.12. The number of aromatic hydroxyl groups is 2. The first-order valence-electron chi connectivity index (χ1n) is 8.81. The van der Waals surface area contributed by atoms with Crippen molar-refractivity contribution in [2.75, 3.05) is 11.4 Å². The van der Waals surface area contributed by atoms with E-state index in [1.165, 1.54) is 17.0 Å². The highest BCUT2D eigenvalue weighted by atomic mass is 16.7. The van der Waals surface area contributed by atoms with E-state index >= 15 is 0 Å². The molecule has 0 fully saturated rings. The number of nitrogens with one attached hydrogen (secondary N) is 1. The van der Waals surface area contributed by atoms with Crippen LogP contribution in [-0.2, 0) is 11.2 Å². The second-order valence-corrected chi connectivity index (χ2v) is 7.44. The van der Waals surface area contributed by atoms with Gasteiger partial charge in [0, 0.05) is 18.7 Å². The lowest BCUT2D eigenvalue weighted by Gasteiger charge is -2.29. The summed E-state index contributed by atoms with van der Waals surface area (Å²) in [4.78, 5) is 31.1. The van der Waals surface area contributed by atoms with E-state index in [9.17, 15) is 19.8 Å². The molecule has 28 heavy (non-hydrogen) atoms. The second kappa shape index (κ2) is 7.34. The predicted molar refractivity (Wildman–Crippen MR) is 100 cm³/mol. The van der Waals surface area contributed by atoms with Gasteiger partial charge in [-0.2, -0.15) is 0 Å². The number of nitrogens with zero attached hydrogens (tertiary/aromatic N) is 2. The van der Waals surface area contributed by atoms with Crippen LogP contribution in [0.15, 0.2) is 36.4 Å². The zero-order chi connectivity index (χ0) is 20.5. The van der Waals surface area contributed by atoms with Crippen LogP contribution in [0, 0.1) is 0 Å². The molecule has 0 spiro atoms. The summed E-state index contributed by atoms with van der Waals surface area (Å²) in [6.07, 6.45) is -0.851. The Hall–Kier alpha value is -3.36. The molecule has 9 heteroatoms. The van der Waals surface area contributed by atoms with Gasteiger partial charge in [0.25, 0.3) is 0 Å². The molecule has 150 valence electrons. The van der Waals surface area contributed by atoms with Gasteiger partial charge in [0.05, 0.1) is 11.7 Å². The number of anilines is 1. The number of ether oxygens (including phenoxy) is 1. The first kappa shape index (κ1) is 19.4. The summed E-state index contributed by atoms with van der Waals surface area (Å²) in [5.74, 6) is -0.840. The lowest BCUT2D eigenvalue weighted by atomic mass is 10.1. The first-order chi connectivity index (χ1) is 13.2. The van der Waals surface area contributed by atoms with Gasteiger partial charge in [-0.15, -0.1) is 4.73 Å². The maximum atomic E-state index is 12.7. The van der Waals surface area contributed by atoms with E-state index in [-0.39, 0.29) is 12.6 Å². The number of carbonyl (C=O) groups is 2. The molecule has 1 aliphatic heterocycles. The monoisotopic (exact) mass is 389 g/mol. The number of aromatic nitrogens is 1. The highest BCUT2D eigenvalue weighted by Gasteiger charge is 2.36. The van der Waals surface area contributed by atoms with Crippen LogP contribution >= 0.6 is 0 Å². The van der Waals surface area contributed by atoms with Crippen molar-refractivity contribution in [2.24, 2.45) is 0 Å². The Morgan fingerprint density at radius 1 is 1.14 bits per heavy atom. The number of rotatable bonds is 3. The maximum absolute atomic E-state index is 12.7. The molecule has 2 amide bonds. The van der Waals surface area contributed by atoms with Crippen molar-refractivity contribution in [3.63, 3.8) is 0 Å². The van der Waals surface area contributed by atoms with Crippen molar-refractivity contribution in [1.29, 1.82) is 0 Å². The first-order valence-corrected chi connectivity index (χ1v) is 8.81. The van der Waals surface area contributed by atoms with Crippen LogP contribution < -0.4 is 15.1 Å². The zero-order valence-corrected chi connectivity index (χ0v) is 15.9. The summed E-state index contributed by atoms with van der Waals surface area (Å²) in [6, 6.07) is 9.45. The Morgan fingerprint density at radius 2 is 1.79 bits per heavy atom. The van der Waals surface area contributed by atoms with Gasteiger partial charge in [-0.3, -0.25) is 4.90 Å². The molecule has 1 aromatic carbocycles. The number of hydrogen-bond acceptors (Lipinski definition) is 6. The van der Waals surface area contributed by atoms with Gasteiger partial charge in [0.2, 0.25) is 11.8 Å². The van der Waals surface area contributed by atoms with Crippen molar-refractivity contribution in [1.82, 2.24) is 10.0 Å². The Morgan fingerprint density at radius 3 is 2.43 bits per heavy atom. The van der Waals surface area contributed by atoms with Crippen molar-refractivity contribution in [3.8, 4) is 11.8 Å². The van der Waals surface area contributed by atoms with Crippen LogP contribution in [0.2, 0.25) is 0 Å². The molecular formula is C19H23N3O6. The molecule has 3 N–H and O–H groups in total. The lowest BCUT2D eigenvalue weighted by Crippen LogP contribution is -2.48. The smallest absolute Gasteiger partial charge is 0.432 e. The van der Waals surface area contributed by atoms with Gasteiger partial charge in [-0.1, -0.05) is 18.2 Å². The molecule has 1 aromatic heterocycles. The lowest BCUT2D eigenvalue weighted by molar-refractivity contribution is 0.0567. The summed E-state index contributed by atoms with van der Waals surface area (Å²) in [6.45, 7) is 5.45. The standard InChI is InChI=1S/C19H23N3O6/c1-19(2,3)27-18(26)21-13(10-12-6-4-5-7-14(12)21)11-20-17(25)28-22-15(23)8-9-16(22)24/h4-9,13,23-24H,10-11H2,1-3H3,(H,20,25). The number of carbonyl (C=O) groups excluding carboxylic acids is 2. The summed E-state index contributed by atoms with van der Waals surface area (Å²) in [5, 5.41) is 21.6. The molecule has 1 aliphatic rings. The number of amides is 2. The summed E-state index contributed by atoms with van der Waals surface area (Å²) in [5.41, 5.74) is 1.04. The highest BCUT2D eigenvalue weighted by molar-refractivity contribution is 5.91. The molecule has 0 aliphatic carbocycles. The van der Waals surface area contributed by atoms with Crippen LogP contribution in [0.1, 0.15) is 26.3 Å². The van der Waals surface area contributed by atoms with Gasteiger partial charge in [0.15, 0.2) is 0 Å². The van der Waals surface area contributed by atoms with Crippen LogP contribution in [0.3, 0.4) is 0 Å². The molecule has 2 heterocycles. The van der Waals surface area contributed by atoms with Crippen molar-refractivity contribution in [2.45, 2.75) is 38.8 Å². The largest absolute Gasteiger partial charge is 0.492 e. The van der Waals surface area contributed by atoms with E-state index in [0.717, 1.165) is 11.3 Å². The molecule has 1 atom stereocenters. The minimum absolute atomic E-state index is 0.0928. The fourth-order valence-electron chi connectivity index (χ4n) is 2.99. The summed E-state index contributed by atoms with van der Waals surface area (Å²) in [7, 11) is 0. The van der Waals surface area contributed by atoms with Crippen LogP contribution in [-0.4, -0.2) is 45.3 Å². The molecule has 0 saturated heterocycles. The van der Waals surface area contributed by atoms with Crippen molar-refractivity contribution < 1.29 is 29.4 Å². The molecule has 0 radical (unpaired) electrons. The third kappa shape index (κ3) is 4.13. The fourth-order valence-corrected chi connectivity index (χ4v) is 2.99. The second-order valence-electron chi connectivity index (χ2n) is 7.44. The van der Waals surface area contributed by atoms with Gasteiger partial charge in [-0.05, 0) is 38.8 Å². The molecule has 0 bridgehead atoms. The number of hydrogen-bond donors (Lipinski definition) is 3. The number of fused-ring (bicyclic) bond motifs is 1. The molecule has 2 aromatic rings. The molecular weight excluding hydrogens is 366 g/mol. The molecule has 1 unspecified atom stereocenters. The Bertz CT molecular complexity index is 867. The van der Waals surface area contributed by atoms with Gasteiger partial charge in [-0.25, -0.2) is 9.59 Å². The highest BCUT2D eigenvalue weighted by Crippen LogP contribution is 2.33. The Kier molecular flexibility index (Phi) is 5.08. The van der Waals surface area contributed by atoms with Crippen LogP contribution in [0.25, 0.3) is 0 Å². The minimum atomic E-state index is -0.887. The number of para-hydroxylation sites is 1. The third-order valence-electron chi connectivity index (χ3n) is 4.12. The van der Waals surface area contributed by atoms with E-state index in [1.54, 1.807) is 20.8 Å². The molecule has 3 rings (SSSR count). The van der Waals surface area contributed by atoms with Crippen LogP contribution in [0.4, 0.5) is 15.3 Å². The Labute approximate surface area is 162 Å². The maximum Gasteiger partial charge on any atom is 0.432 e. The average Bonchev–Trinajstić information content (AvgIpc) is 3.13.